The summed E-state index contributed by atoms with van der Waals surface area (Å²) in [6.07, 6.45) is 2.57. The van der Waals surface area contributed by atoms with E-state index in [0.717, 1.165) is 17.0 Å². The maximum absolute atomic E-state index is 12.1. The van der Waals surface area contributed by atoms with Gasteiger partial charge in [-0.2, -0.15) is 10.2 Å². The summed E-state index contributed by atoms with van der Waals surface area (Å²) in [5.41, 5.74) is 3.49. The molecule has 0 aromatic carbocycles. The number of hydrogen-bond acceptors (Lipinski definition) is 5. The van der Waals surface area contributed by atoms with Crippen molar-refractivity contribution in [3.05, 3.63) is 57.8 Å². The molecule has 0 spiro atoms. The third kappa shape index (κ3) is 4.33. The number of nitrogens with one attached hydrogen (secondary N) is 1. The number of amides is 1. The largest absolute Gasteiger partial charge is 0.463 e. The molecule has 1 N–H and O–H groups in total. The van der Waals surface area contributed by atoms with E-state index >= 15 is 0 Å². The van der Waals surface area contributed by atoms with Crippen LogP contribution in [0.25, 0.3) is 11.5 Å². The van der Waals surface area contributed by atoms with Gasteiger partial charge in [0.25, 0.3) is 5.56 Å². The molecule has 0 aliphatic rings. The minimum absolute atomic E-state index is 0.0621. The van der Waals surface area contributed by atoms with Crippen molar-refractivity contribution >= 4 is 5.91 Å². The molecule has 142 valence electrons. The second kappa shape index (κ2) is 8.03. The molecule has 0 saturated heterocycles. The van der Waals surface area contributed by atoms with Crippen molar-refractivity contribution in [2.24, 2.45) is 7.05 Å². The SMILES string of the molecule is Cc1nn(C)c(C)c1CCC(=O)NCCn1nc(-c2ccco2)ccc1=O. The molecule has 3 rings (SSSR count). The highest BCUT2D eigenvalue weighted by atomic mass is 16.3. The fourth-order valence-electron chi connectivity index (χ4n) is 2.97. The number of aromatic nitrogens is 4. The van der Waals surface area contributed by atoms with Gasteiger partial charge < -0.3 is 9.73 Å². The Bertz CT molecular complexity index is 985. The van der Waals surface area contributed by atoms with Crippen LogP contribution < -0.4 is 10.9 Å². The van der Waals surface area contributed by atoms with Crippen molar-refractivity contribution in [3.8, 4) is 11.5 Å². The first-order chi connectivity index (χ1) is 13.0. The van der Waals surface area contributed by atoms with E-state index in [-0.39, 0.29) is 11.5 Å². The number of hydrogen-bond donors (Lipinski definition) is 1. The number of nitrogens with zero attached hydrogens (tertiary/aromatic N) is 4. The lowest BCUT2D eigenvalue weighted by Crippen LogP contribution is -2.32. The van der Waals surface area contributed by atoms with Crippen LogP contribution in [-0.2, 0) is 24.8 Å². The quantitative estimate of drug-likeness (QED) is 0.683. The fourth-order valence-corrected chi connectivity index (χ4v) is 2.97. The molecular weight excluding hydrogens is 346 g/mol. The molecule has 8 heteroatoms. The van der Waals surface area contributed by atoms with Crippen LogP contribution in [0.3, 0.4) is 0 Å². The lowest BCUT2D eigenvalue weighted by Gasteiger charge is -2.08. The van der Waals surface area contributed by atoms with Gasteiger partial charge in [0, 0.05) is 31.8 Å². The predicted octanol–water partition coefficient (Wildman–Crippen LogP) is 1.60. The Balaban J connectivity index is 1.53. The predicted molar refractivity (Wildman–Crippen MR) is 100 cm³/mol. The third-order valence-corrected chi connectivity index (χ3v) is 4.55. The molecule has 0 aliphatic carbocycles. The topological polar surface area (TPSA) is 95.0 Å². The molecule has 3 aromatic rings. The van der Waals surface area contributed by atoms with E-state index in [1.807, 2.05) is 25.6 Å². The van der Waals surface area contributed by atoms with Crippen molar-refractivity contribution in [2.45, 2.75) is 33.2 Å². The molecule has 0 saturated carbocycles. The van der Waals surface area contributed by atoms with Crippen LogP contribution in [0, 0.1) is 13.8 Å². The normalized spacial score (nSPS) is 10.9. The molecule has 0 aliphatic heterocycles. The summed E-state index contributed by atoms with van der Waals surface area (Å²) in [6, 6.07) is 6.61. The number of carbonyl (C=O) groups excluding carboxylic acids is 1. The van der Waals surface area contributed by atoms with Gasteiger partial charge in [-0.3, -0.25) is 14.3 Å². The summed E-state index contributed by atoms with van der Waals surface area (Å²) >= 11 is 0. The first-order valence-corrected chi connectivity index (χ1v) is 8.83. The average molecular weight is 369 g/mol. The molecule has 0 radical (unpaired) electrons. The number of furan rings is 1. The lowest BCUT2D eigenvalue weighted by atomic mass is 10.1. The first kappa shape index (κ1) is 18.6. The lowest BCUT2D eigenvalue weighted by molar-refractivity contribution is -0.121. The van der Waals surface area contributed by atoms with Crippen molar-refractivity contribution < 1.29 is 9.21 Å². The molecule has 0 fully saturated rings. The van der Waals surface area contributed by atoms with Gasteiger partial charge in [0.2, 0.25) is 5.91 Å². The zero-order chi connectivity index (χ0) is 19.4. The standard InChI is InChI=1S/C19H23N5O3/c1-13-15(14(2)23(3)21-13)6-8-18(25)20-10-11-24-19(26)9-7-16(22-24)17-5-4-12-27-17/h4-5,7,9,12H,6,8,10-11H2,1-3H3,(H,20,25). The zero-order valence-electron chi connectivity index (χ0n) is 15.7. The first-order valence-electron chi connectivity index (χ1n) is 8.83. The Kier molecular flexibility index (Phi) is 5.54. The number of aryl methyl sites for hydroxylation is 2. The molecule has 3 aromatic heterocycles. The highest BCUT2D eigenvalue weighted by Crippen LogP contribution is 2.15. The molecule has 1 amide bonds. The van der Waals surface area contributed by atoms with Gasteiger partial charge in [-0.1, -0.05) is 0 Å². The number of carbonyl (C=O) groups is 1. The summed E-state index contributed by atoms with van der Waals surface area (Å²) in [5, 5.41) is 11.5. The van der Waals surface area contributed by atoms with Crippen LogP contribution in [0.2, 0.25) is 0 Å². The Hall–Kier alpha value is -3.16. The van der Waals surface area contributed by atoms with Crippen LogP contribution in [-0.4, -0.2) is 32.0 Å². The second-order valence-electron chi connectivity index (χ2n) is 6.38. The highest BCUT2D eigenvalue weighted by molar-refractivity contribution is 5.76. The minimum Gasteiger partial charge on any atom is -0.463 e. The van der Waals surface area contributed by atoms with Crippen LogP contribution in [0.4, 0.5) is 0 Å². The smallest absolute Gasteiger partial charge is 0.266 e. The second-order valence-corrected chi connectivity index (χ2v) is 6.38. The van der Waals surface area contributed by atoms with Crippen LogP contribution in [0.5, 0.6) is 0 Å². The summed E-state index contributed by atoms with van der Waals surface area (Å²) in [6.45, 7) is 4.57. The van der Waals surface area contributed by atoms with Gasteiger partial charge in [0.1, 0.15) is 5.69 Å². The molecule has 27 heavy (non-hydrogen) atoms. The van der Waals surface area contributed by atoms with E-state index < -0.39 is 0 Å². The molecule has 8 nitrogen and oxygen atoms in total. The van der Waals surface area contributed by atoms with Crippen molar-refractivity contribution in [1.29, 1.82) is 0 Å². The Morgan fingerprint density at radius 2 is 2.04 bits per heavy atom. The van der Waals surface area contributed by atoms with Gasteiger partial charge in [0.15, 0.2) is 5.76 Å². The maximum Gasteiger partial charge on any atom is 0.266 e. The Morgan fingerprint density at radius 1 is 1.22 bits per heavy atom. The monoisotopic (exact) mass is 369 g/mol. The average Bonchev–Trinajstić information content (AvgIpc) is 3.25. The molecule has 3 heterocycles. The van der Waals surface area contributed by atoms with E-state index in [4.69, 9.17) is 4.42 Å². The van der Waals surface area contributed by atoms with Crippen LogP contribution >= 0.6 is 0 Å². The van der Waals surface area contributed by atoms with E-state index in [1.54, 1.807) is 24.5 Å². The zero-order valence-corrected chi connectivity index (χ0v) is 15.7. The summed E-state index contributed by atoms with van der Waals surface area (Å²) < 4.78 is 8.45. The van der Waals surface area contributed by atoms with Crippen molar-refractivity contribution in [3.63, 3.8) is 0 Å². The van der Waals surface area contributed by atoms with Gasteiger partial charge in [-0.25, -0.2) is 4.68 Å². The fraction of sp³-hybridized carbons (Fsp3) is 0.368. The number of rotatable bonds is 7. The van der Waals surface area contributed by atoms with E-state index in [2.05, 4.69) is 15.5 Å². The maximum atomic E-state index is 12.1. The van der Waals surface area contributed by atoms with Gasteiger partial charge >= 0.3 is 0 Å². The highest BCUT2D eigenvalue weighted by Gasteiger charge is 2.11. The molecule has 0 bridgehead atoms. The minimum atomic E-state index is -0.221. The van der Waals surface area contributed by atoms with Crippen molar-refractivity contribution in [2.75, 3.05) is 6.54 Å². The molecular formula is C19H23N5O3. The van der Waals surface area contributed by atoms with E-state index in [0.29, 0.717) is 37.4 Å². The molecule has 0 atom stereocenters. The third-order valence-electron chi connectivity index (χ3n) is 4.55. The van der Waals surface area contributed by atoms with Crippen molar-refractivity contribution in [1.82, 2.24) is 24.9 Å². The molecule has 0 unspecified atom stereocenters. The van der Waals surface area contributed by atoms with Gasteiger partial charge in [-0.05, 0) is 44.0 Å². The Labute approximate surface area is 156 Å². The summed E-state index contributed by atoms with van der Waals surface area (Å²) in [5.74, 6) is 0.530. The van der Waals surface area contributed by atoms with Gasteiger partial charge in [-0.15, -0.1) is 0 Å². The van der Waals surface area contributed by atoms with Gasteiger partial charge in [0.05, 0.1) is 18.5 Å². The summed E-state index contributed by atoms with van der Waals surface area (Å²) in [4.78, 5) is 24.1. The van der Waals surface area contributed by atoms with Crippen LogP contribution in [0.15, 0.2) is 39.7 Å². The van der Waals surface area contributed by atoms with Crippen LogP contribution in [0.1, 0.15) is 23.4 Å². The van der Waals surface area contributed by atoms with E-state index in [9.17, 15) is 9.59 Å². The van der Waals surface area contributed by atoms with E-state index in [1.165, 1.54) is 10.7 Å². The Morgan fingerprint density at radius 3 is 2.70 bits per heavy atom. The summed E-state index contributed by atoms with van der Waals surface area (Å²) in [7, 11) is 1.90.